The van der Waals surface area contributed by atoms with E-state index < -0.39 is 17.4 Å². The highest BCUT2D eigenvalue weighted by atomic mass is 16.6. The van der Waals surface area contributed by atoms with E-state index in [1.54, 1.807) is 19.9 Å². The molecule has 25 heavy (non-hydrogen) atoms. The van der Waals surface area contributed by atoms with Crippen LogP contribution in [0.2, 0.25) is 0 Å². The summed E-state index contributed by atoms with van der Waals surface area (Å²) in [5.74, 6) is -0.208. The summed E-state index contributed by atoms with van der Waals surface area (Å²) >= 11 is 0. The van der Waals surface area contributed by atoms with Crippen LogP contribution in [0.4, 0.5) is 0 Å². The minimum absolute atomic E-state index is 0.0586. The van der Waals surface area contributed by atoms with Gasteiger partial charge in [0.15, 0.2) is 0 Å². The van der Waals surface area contributed by atoms with Gasteiger partial charge in [-0.05, 0) is 39.5 Å². The summed E-state index contributed by atoms with van der Waals surface area (Å²) in [5.41, 5.74) is 0.874. The fourth-order valence-electron chi connectivity index (χ4n) is 4.73. The van der Waals surface area contributed by atoms with Crippen molar-refractivity contribution < 1.29 is 24.2 Å². The molecule has 0 spiro atoms. The van der Waals surface area contributed by atoms with Crippen LogP contribution in [0.1, 0.15) is 53.9 Å². The summed E-state index contributed by atoms with van der Waals surface area (Å²) in [5, 5.41) is 11.2. The predicted molar refractivity (Wildman–Crippen MR) is 92.2 cm³/mol. The third-order valence-corrected chi connectivity index (χ3v) is 6.86. The predicted octanol–water partition coefficient (Wildman–Crippen LogP) is 3.13. The number of fused-ring (bicyclic) bond motifs is 1. The molecule has 0 unspecified atom stereocenters. The molecule has 1 aliphatic heterocycles. The van der Waals surface area contributed by atoms with Crippen LogP contribution in [-0.4, -0.2) is 29.3 Å². The molecule has 0 aromatic carbocycles. The van der Waals surface area contributed by atoms with E-state index in [1.807, 2.05) is 6.92 Å². The molecule has 0 saturated heterocycles. The minimum atomic E-state index is -0.748. The van der Waals surface area contributed by atoms with Crippen molar-refractivity contribution in [1.29, 1.82) is 0 Å². The van der Waals surface area contributed by atoms with Gasteiger partial charge in [0.2, 0.25) is 0 Å². The Kier molecular flexibility index (Phi) is 4.56. The van der Waals surface area contributed by atoms with Crippen molar-refractivity contribution in [3.8, 4) is 0 Å². The lowest BCUT2D eigenvalue weighted by Gasteiger charge is -2.54. The van der Waals surface area contributed by atoms with Crippen LogP contribution in [-0.2, 0) is 19.1 Å². The zero-order valence-electron chi connectivity index (χ0n) is 15.7. The number of carbonyl (C=O) groups excluding carboxylic acids is 2. The second kappa shape index (κ2) is 6.27. The van der Waals surface area contributed by atoms with Crippen LogP contribution >= 0.6 is 0 Å². The van der Waals surface area contributed by atoms with Gasteiger partial charge in [-0.3, -0.25) is 4.79 Å². The molecule has 3 rings (SSSR count). The Morgan fingerprint density at radius 3 is 2.68 bits per heavy atom. The van der Waals surface area contributed by atoms with Gasteiger partial charge in [0, 0.05) is 28.9 Å². The number of allylic oxidation sites excluding steroid dienone is 2. The largest absolute Gasteiger partial charge is 0.459 e. The van der Waals surface area contributed by atoms with Crippen LogP contribution in [0.5, 0.6) is 0 Å². The molecular formula is C20H28O5. The van der Waals surface area contributed by atoms with Crippen LogP contribution < -0.4 is 0 Å². The Morgan fingerprint density at radius 2 is 2.04 bits per heavy atom. The van der Waals surface area contributed by atoms with E-state index in [4.69, 9.17) is 9.47 Å². The number of aliphatic hydroxyl groups is 1. The van der Waals surface area contributed by atoms with Gasteiger partial charge in [-0.1, -0.05) is 19.9 Å². The van der Waals surface area contributed by atoms with Crippen molar-refractivity contribution in [2.75, 3.05) is 0 Å². The summed E-state index contributed by atoms with van der Waals surface area (Å²) < 4.78 is 11.2. The molecule has 0 aromatic heterocycles. The molecule has 5 heteroatoms. The summed E-state index contributed by atoms with van der Waals surface area (Å²) in [7, 11) is 0. The summed E-state index contributed by atoms with van der Waals surface area (Å²) in [6.07, 6.45) is 2.90. The molecule has 6 atom stereocenters. The van der Waals surface area contributed by atoms with Gasteiger partial charge in [0.1, 0.15) is 11.9 Å². The molecule has 3 aliphatic rings. The van der Waals surface area contributed by atoms with Crippen LogP contribution in [0.15, 0.2) is 23.0 Å². The number of carbonyl (C=O) groups is 2. The van der Waals surface area contributed by atoms with E-state index in [2.05, 4.69) is 13.8 Å². The van der Waals surface area contributed by atoms with E-state index >= 15 is 0 Å². The van der Waals surface area contributed by atoms with E-state index in [0.717, 1.165) is 18.4 Å². The Balaban J connectivity index is 1.95. The fourth-order valence-corrected chi connectivity index (χ4v) is 4.73. The first-order valence-corrected chi connectivity index (χ1v) is 9.18. The van der Waals surface area contributed by atoms with Crippen LogP contribution in [0.25, 0.3) is 0 Å². The van der Waals surface area contributed by atoms with E-state index in [9.17, 15) is 14.7 Å². The van der Waals surface area contributed by atoms with Gasteiger partial charge in [-0.2, -0.15) is 0 Å². The van der Waals surface area contributed by atoms with Gasteiger partial charge in [0.05, 0.1) is 12.0 Å². The van der Waals surface area contributed by atoms with Gasteiger partial charge >= 0.3 is 11.9 Å². The molecule has 1 N–H and O–H groups in total. The van der Waals surface area contributed by atoms with Crippen molar-refractivity contribution >= 4 is 11.9 Å². The summed E-state index contributed by atoms with van der Waals surface area (Å²) in [6, 6.07) is 0. The van der Waals surface area contributed by atoms with Gasteiger partial charge < -0.3 is 14.6 Å². The first-order valence-electron chi connectivity index (χ1n) is 9.18. The summed E-state index contributed by atoms with van der Waals surface area (Å²) in [6.45, 7) is 9.54. The van der Waals surface area contributed by atoms with Crippen LogP contribution in [0.3, 0.4) is 0 Å². The number of rotatable bonds is 2. The van der Waals surface area contributed by atoms with Gasteiger partial charge in [-0.25, -0.2) is 4.79 Å². The number of hydrogen-bond acceptors (Lipinski definition) is 5. The standard InChI is InChI=1S/C20H28O5/c1-6-10(2)18(22)24-14-8-7-11(3)20(5)13(14)9-15-16(17(20)21)12(4)19(23)25-15/h6,11-14,17,21H,7-9H2,1-5H3/b10-6-/t11-,12+,13-,14-,17+,20+/m0/s1. The van der Waals surface area contributed by atoms with E-state index in [1.165, 1.54) is 0 Å². The quantitative estimate of drug-likeness (QED) is 0.613. The maximum absolute atomic E-state index is 12.3. The van der Waals surface area contributed by atoms with Gasteiger partial charge in [0.25, 0.3) is 0 Å². The molecule has 138 valence electrons. The number of aliphatic hydroxyl groups excluding tert-OH is 1. The van der Waals surface area contributed by atoms with Crippen LogP contribution in [0, 0.1) is 23.2 Å². The number of hydrogen-bond donors (Lipinski definition) is 1. The monoisotopic (exact) mass is 348 g/mol. The molecule has 0 radical (unpaired) electrons. The van der Waals surface area contributed by atoms with E-state index in [-0.39, 0.29) is 29.9 Å². The minimum Gasteiger partial charge on any atom is -0.459 e. The first kappa shape index (κ1) is 18.2. The SMILES string of the molecule is C/C=C(/C)C(=O)O[C@H]1CC[C@H](C)[C@@]2(C)[C@H](O)C3=C(C[C@@H]12)OC(=O)[C@@H]3C. The molecule has 5 nitrogen and oxygen atoms in total. The lowest BCUT2D eigenvalue weighted by atomic mass is 9.53. The molecular weight excluding hydrogens is 320 g/mol. The molecule has 0 bridgehead atoms. The summed E-state index contributed by atoms with van der Waals surface area (Å²) in [4.78, 5) is 24.3. The molecule has 1 heterocycles. The van der Waals surface area contributed by atoms with Crippen molar-refractivity contribution in [2.45, 2.75) is 66.1 Å². The van der Waals surface area contributed by atoms with Crippen molar-refractivity contribution in [1.82, 2.24) is 0 Å². The Bertz CT molecular complexity index is 661. The second-order valence-electron chi connectivity index (χ2n) is 7.99. The number of ether oxygens (including phenoxy) is 2. The third kappa shape index (κ3) is 2.64. The average molecular weight is 348 g/mol. The Labute approximate surface area is 149 Å². The third-order valence-electron chi connectivity index (χ3n) is 6.86. The Morgan fingerprint density at radius 1 is 1.36 bits per heavy atom. The highest BCUT2D eigenvalue weighted by molar-refractivity contribution is 5.87. The molecule has 1 saturated carbocycles. The highest BCUT2D eigenvalue weighted by Gasteiger charge is 2.59. The molecule has 2 aliphatic carbocycles. The van der Waals surface area contributed by atoms with Crippen molar-refractivity contribution in [3.05, 3.63) is 23.0 Å². The molecule has 0 aromatic rings. The average Bonchev–Trinajstić information content (AvgIpc) is 2.86. The van der Waals surface area contributed by atoms with Gasteiger partial charge in [-0.15, -0.1) is 0 Å². The highest BCUT2D eigenvalue weighted by Crippen LogP contribution is 2.57. The maximum atomic E-state index is 12.3. The zero-order chi connectivity index (χ0) is 18.5. The maximum Gasteiger partial charge on any atom is 0.333 e. The smallest absolute Gasteiger partial charge is 0.333 e. The zero-order valence-corrected chi connectivity index (χ0v) is 15.7. The second-order valence-corrected chi connectivity index (χ2v) is 7.99. The Hall–Kier alpha value is -1.62. The lowest BCUT2D eigenvalue weighted by molar-refractivity contribution is -0.166. The topological polar surface area (TPSA) is 72.8 Å². The normalized spacial score (nSPS) is 41.1. The fraction of sp³-hybridized carbons (Fsp3) is 0.700. The number of esters is 2. The first-order chi connectivity index (χ1) is 11.7. The van der Waals surface area contributed by atoms with Crippen molar-refractivity contribution in [3.63, 3.8) is 0 Å². The lowest BCUT2D eigenvalue weighted by Crippen LogP contribution is -2.56. The molecule has 1 fully saturated rings. The van der Waals surface area contributed by atoms with E-state index in [0.29, 0.717) is 17.8 Å². The van der Waals surface area contributed by atoms with Crippen molar-refractivity contribution in [2.24, 2.45) is 23.2 Å². The molecule has 0 amide bonds.